The third-order valence-electron chi connectivity index (χ3n) is 6.59. The van der Waals surface area contributed by atoms with E-state index in [9.17, 15) is 4.79 Å². The van der Waals surface area contributed by atoms with Crippen molar-refractivity contribution in [2.45, 2.75) is 19.9 Å². The molecule has 6 nitrogen and oxygen atoms in total. The highest BCUT2D eigenvalue weighted by Gasteiger charge is 2.20. The second-order valence-corrected chi connectivity index (χ2v) is 9.73. The molecule has 186 valence electrons. The van der Waals surface area contributed by atoms with Gasteiger partial charge in [0.15, 0.2) is 0 Å². The van der Waals surface area contributed by atoms with Crippen LogP contribution < -0.4 is 9.64 Å². The number of ketones is 1. The van der Waals surface area contributed by atoms with Crippen LogP contribution in [0.2, 0.25) is 5.02 Å². The van der Waals surface area contributed by atoms with E-state index in [0.717, 1.165) is 53.8 Å². The maximum Gasteiger partial charge on any atom is 0.143 e. The zero-order chi connectivity index (χ0) is 24.9. The van der Waals surface area contributed by atoms with E-state index in [1.807, 2.05) is 42.5 Å². The quantitative estimate of drug-likeness (QED) is 0.320. The average molecular weight is 503 g/mol. The van der Waals surface area contributed by atoms with Crippen molar-refractivity contribution in [3.8, 4) is 5.75 Å². The van der Waals surface area contributed by atoms with Crippen molar-refractivity contribution in [2.24, 2.45) is 0 Å². The number of rotatable bonds is 9. The molecule has 0 amide bonds. The lowest BCUT2D eigenvalue weighted by Gasteiger charge is -2.35. The summed E-state index contributed by atoms with van der Waals surface area (Å²) in [5.41, 5.74) is 4.46. The first-order chi connectivity index (χ1) is 17.5. The SMILES string of the molecule is CC(=O)CN1CCN(c2ccc3nc(CCOc4ccccc4)n(Cc4ccc(Cl)cc4)c3c2)CC1. The molecule has 5 rings (SSSR count). The van der Waals surface area contributed by atoms with Crippen molar-refractivity contribution in [1.82, 2.24) is 14.5 Å². The van der Waals surface area contributed by atoms with Crippen LogP contribution in [0.4, 0.5) is 5.69 Å². The standard InChI is InChI=1S/C29H31ClN4O2/c1-22(35)20-32-14-16-33(17-15-32)25-11-12-27-28(19-25)34(21-23-7-9-24(30)10-8-23)29(31-27)13-18-36-26-5-3-2-4-6-26/h2-12,19H,13-18,20-21H2,1H3. The molecule has 0 radical (unpaired) electrons. The molecule has 1 saturated heterocycles. The number of imidazole rings is 1. The largest absolute Gasteiger partial charge is 0.493 e. The maximum absolute atomic E-state index is 11.5. The molecule has 36 heavy (non-hydrogen) atoms. The van der Waals surface area contributed by atoms with E-state index in [1.165, 1.54) is 11.3 Å². The lowest BCUT2D eigenvalue weighted by atomic mass is 10.2. The van der Waals surface area contributed by atoms with Crippen LogP contribution in [-0.2, 0) is 17.8 Å². The van der Waals surface area contributed by atoms with Crippen molar-refractivity contribution in [3.05, 3.63) is 89.2 Å². The van der Waals surface area contributed by atoms with E-state index in [0.29, 0.717) is 26.1 Å². The molecule has 0 N–H and O–H groups in total. The summed E-state index contributed by atoms with van der Waals surface area (Å²) in [6.07, 6.45) is 0.705. The number of aromatic nitrogens is 2. The summed E-state index contributed by atoms with van der Waals surface area (Å²) in [7, 11) is 0. The number of fused-ring (bicyclic) bond motifs is 1. The fraction of sp³-hybridized carbons (Fsp3) is 0.310. The van der Waals surface area contributed by atoms with Gasteiger partial charge in [0.05, 0.1) is 24.2 Å². The van der Waals surface area contributed by atoms with Crippen LogP contribution in [0.5, 0.6) is 5.75 Å². The Bertz CT molecular complexity index is 1310. The van der Waals surface area contributed by atoms with Crippen LogP contribution in [-0.4, -0.2) is 59.6 Å². The number of nitrogens with zero attached hydrogens (tertiary/aromatic N) is 4. The normalized spacial score (nSPS) is 14.3. The molecule has 1 aromatic heterocycles. The van der Waals surface area contributed by atoms with Crippen LogP contribution in [0.3, 0.4) is 0 Å². The van der Waals surface area contributed by atoms with Gasteiger partial charge in [-0.2, -0.15) is 0 Å². The number of hydrogen-bond donors (Lipinski definition) is 0. The molecular weight excluding hydrogens is 472 g/mol. The minimum atomic E-state index is 0.222. The van der Waals surface area contributed by atoms with Gasteiger partial charge in [-0.3, -0.25) is 9.69 Å². The Morgan fingerprint density at radius 2 is 1.72 bits per heavy atom. The molecule has 0 atom stereocenters. The topological polar surface area (TPSA) is 50.6 Å². The highest BCUT2D eigenvalue weighted by molar-refractivity contribution is 6.30. The van der Waals surface area contributed by atoms with Gasteiger partial charge >= 0.3 is 0 Å². The number of para-hydroxylation sites is 1. The lowest BCUT2D eigenvalue weighted by Crippen LogP contribution is -2.47. The Kier molecular flexibility index (Phi) is 7.54. The van der Waals surface area contributed by atoms with Crippen molar-refractivity contribution >= 4 is 34.1 Å². The van der Waals surface area contributed by atoms with Crippen LogP contribution in [0, 0.1) is 0 Å². The zero-order valence-corrected chi connectivity index (χ0v) is 21.3. The van der Waals surface area contributed by atoms with Gasteiger partial charge in [0.25, 0.3) is 0 Å². The fourth-order valence-electron chi connectivity index (χ4n) is 4.75. The third kappa shape index (κ3) is 5.89. The minimum Gasteiger partial charge on any atom is -0.493 e. The van der Waals surface area contributed by atoms with Gasteiger partial charge in [0, 0.05) is 49.9 Å². The van der Waals surface area contributed by atoms with E-state index in [-0.39, 0.29) is 5.78 Å². The number of Topliss-reactive ketones (excluding diaryl/α,β-unsaturated/α-hetero) is 1. The predicted molar refractivity (Wildman–Crippen MR) is 145 cm³/mol. The molecule has 0 saturated carbocycles. The first kappa shape index (κ1) is 24.3. The van der Waals surface area contributed by atoms with Crippen molar-refractivity contribution < 1.29 is 9.53 Å². The molecule has 1 aliphatic heterocycles. The Morgan fingerprint density at radius 1 is 0.972 bits per heavy atom. The number of ether oxygens (including phenoxy) is 1. The Labute approximate surface area is 217 Å². The fourth-order valence-corrected chi connectivity index (χ4v) is 4.88. The van der Waals surface area contributed by atoms with Crippen LogP contribution in [0.25, 0.3) is 11.0 Å². The molecule has 4 aromatic rings. The van der Waals surface area contributed by atoms with Crippen molar-refractivity contribution in [3.63, 3.8) is 0 Å². The van der Waals surface area contributed by atoms with E-state index < -0.39 is 0 Å². The monoisotopic (exact) mass is 502 g/mol. The molecule has 0 bridgehead atoms. The number of carbonyl (C=O) groups is 1. The Morgan fingerprint density at radius 3 is 2.44 bits per heavy atom. The van der Waals surface area contributed by atoms with Crippen LogP contribution in [0.15, 0.2) is 72.8 Å². The number of anilines is 1. The van der Waals surface area contributed by atoms with Gasteiger partial charge in [0.2, 0.25) is 0 Å². The number of halogens is 1. The van der Waals surface area contributed by atoms with Crippen LogP contribution in [0.1, 0.15) is 18.3 Å². The molecule has 3 aromatic carbocycles. The maximum atomic E-state index is 11.5. The molecule has 0 unspecified atom stereocenters. The van der Waals surface area contributed by atoms with Gasteiger partial charge in [-0.25, -0.2) is 4.98 Å². The second-order valence-electron chi connectivity index (χ2n) is 9.29. The van der Waals surface area contributed by atoms with Crippen molar-refractivity contribution in [2.75, 3.05) is 44.2 Å². The van der Waals surface area contributed by atoms with E-state index in [2.05, 4.69) is 44.7 Å². The van der Waals surface area contributed by atoms with Gasteiger partial charge in [-0.1, -0.05) is 41.9 Å². The highest BCUT2D eigenvalue weighted by Crippen LogP contribution is 2.26. The number of carbonyl (C=O) groups excluding carboxylic acids is 1. The number of piperazine rings is 1. The smallest absolute Gasteiger partial charge is 0.143 e. The van der Waals surface area contributed by atoms with Crippen molar-refractivity contribution in [1.29, 1.82) is 0 Å². The summed E-state index contributed by atoms with van der Waals surface area (Å²) in [6, 6.07) is 24.4. The van der Waals surface area contributed by atoms with Crippen LogP contribution >= 0.6 is 11.6 Å². The Hall–Kier alpha value is -3.35. The molecule has 0 spiro atoms. The lowest BCUT2D eigenvalue weighted by molar-refractivity contribution is -0.118. The number of hydrogen-bond acceptors (Lipinski definition) is 5. The van der Waals surface area contributed by atoms with Gasteiger partial charge < -0.3 is 14.2 Å². The molecule has 2 heterocycles. The molecule has 0 aliphatic carbocycles. The summed E-state index contributed by atoms with van der Waals surface area (Å²) in [6.45, 7) is 7.06. The summed E-state index contributed by atoms with van der Waals surface area (Å²) >= 11 is 6.13. The van der Waals surface area contributed by atoms with E-state index in [4.69, 9.17) is 21.3 Å². The van der Waals surface area contributed by atoms with E-state index >= 15 is 0 Å². The molecule has 1 fully saturated rings. The first-order valence-corrected chi connectivity index (χ1v) is 12.8. The average Bonchev–Trinajstić information content (AvgIpc) is 3.22. The van der Waals surface area contributed by atoms with Gasteiger partial charge in [-0.05, 0) is 55.0 Å². The predicted octanol–water partition coefficient (Wildman–Crippen LogP) is 5.07. The first-order valence-electron chi connectivity index (χ1n) is 12.4. The summed E-state index contributed by atoms with van der Waals surface area (Å²) < 4.78 is 8.27. The number of benzene rings is 3. The Balaban J connectivity index is 1.39. The van der Waals surface area contributed by atoms with Gasteiger partial charge in [-0.15, -0.1) is 0 Å². The zero-order valence-electron chi connectivity index (χ0n) is 20.6. The molecular formula is C29H31ClN4O2. The summed E-state index contributed by atoms with van der Waals surface area (Å²) in [5.74, 6) is 2.09. The third-order valence-corrected chi connectivity index (χ3v) is 6.84. The van der Waals surface area contributed by atoms with Gasteiger partial charge in [0.1, 0.15) is 17.4 Å². The highest BCUT2D eigenvalue weighted by atomic mass is 35.5. The molecule has 7 heteroatoms. The second kappa shape index (κ2) is 11.1. The summed E-state index contributed by atoms with van der Waals surface area (Å²) in [5, 5.41) is 0.733. The minimum absolute atomic E-state index is 0.222. The summed E-state index contributed by atoms with van der Waals surface area (Å²) in [4.78, 5) is 21.1. The van der Waals surface area contributed by atoms with E-state index in [1.54, 1.807) is 6.92 Å². The molecule has 1 aliphatic rings.